The number of amides is 3. The molecule has 4 atom stereocenters. The quantitative estimate of drug-likeness (QED) is 0.159. The largest absolute Gasteiger partial charge is 0.508 e. The van der Waals surface area contributed by atoms with Crippen molar-refractivity contribution < 1.29 is 29.4 Å². The van der Waals surface area contributed by atoms with Gasteiger partial charge in [0.25, 0.3) is 0 Å². The Kier molecular flexibility index (Phi) is 10.2. The lowest BCUT2D eigenvalue weighted by molar-refractivity contribution is -0.142. The number of aromatic hydroxyl groups is 1. The molecule has 12 nitrogen and oxygen atoms in total. The van der Waals surface area contributed by atoms with E-state index in [1.165, 1.54) is 31.6 Å². The molecule has 0 aliphatic carbocycles. The first-order valence-electron chi connectivity index (χ1n) is 12.3. The second-order valence-corrected chi connectivity index (χ2v) is 9.15. The van der Waals surface area contributed by atoms with Gasteiger partial charge < -0.3 is 36.9 Å². The third-order valence-corrected chi connectivity index (χ3v) is 5.93. The normalized spacial score (nSPS) is 13.9. The highest BCUT2D eigenvalue weighted by Crippen LogP contribution is 2.12. The highest BCUT2D eigenvalue weighted by Gasteiger charge is 2.30. The molecule has 3 aromatic rings. The lowest BCUT2D eigenvalue weighted by Gasteiger charge is -2.25. The number of carbonyl (C=O) groups is 4. The van der Waals surface area contributed by atoms with Crippen molar-refractivity contribution in [1.82, 2.24) is 25.9 Å². The van der Waals surface area contributed by atoms with E-state index in [1.54, 1.807) is 42.5 Å². The Labute approximate surface area is 225 Å². The molecular weight excluding hydrogens is 504 g/mol. The fourth-order valence-electron chi connectivity index (χ4n) is 3.80. The molecule has 0 saturated heterocycles. The lowest BCUT2D eigenvalue weighted by Crippen LogP contribution is -2.58. The third kappa shape index (κ3) is 8.97. The first-order chi connectivity index (χ1) is 18.6. The summed E-state index contributed by atoms with van der Waals surface area (Å²) in [6, 6.07) is 10.5. The van der Waals surface area contributed by atoms with Crippen molar-refractivity contribution in [3.8, 4) is 5.75 Å². The number of nitrogens with two attached hydrogens (primary N) is 1. The molecule has 3 amide bonds. The predicted octanol–water partition coefficient (Wildman–Crippen LogP) is 0.0294. The van der Waals surface area contributed by atoms with E-state index in [-0.39, 0.29) is 25.0 Å². The van der Waals surface area contributed by atoms with E-state index in [2.05, 4.69) is 25.9 Å². The number of nitrogens with zero attached hydrogens (tertiary/aromatic N) is 1. The number of carboxylic acids is 1. The number of carboxylic acid groups (broad SMARTS) is 1. The number of hydrogen-bond donors (Lipinski definition) is 7. The van der Waals surface area contributed by atoms with Gasteiger partial charge in [-0.05, 0) is 30.2 Å². The van der Waals surface area contributed by atoms with Gasteiger partial charge in [-0.1, -0.05) is 42.5 Å². The fraction of sp³-hybridized carbons (Fsp3) is 0.296. The summed E-state index contributed by atoms with van der Waals surface area (Å²) in [5, 5.41) is 27.0. The van der Waals surface area contributed by atoms with Crippen LogP contribution in [-0.4, -0.2) is 68.0 Å². The van der Waals surface area contributed by atoms with E-state index in [4.69, 9.17) is 5.73 Å². The molecule has 8 N–H and O–H groups in total. The predicted molar refractivity (Wildman–Crippen MR) is 141 cm³/mol. The van der Waals surface area contributed by atoms with Crippen LogP contribution in [0.1, 0.15) is 23.7 Å². The van der Waals surface area contributed by atoms with Crippen molar-refractivity contribution in [3.63, 3.8) is 0 Å². The molecule has 3 rings (SSSR count). The van der Waals surface area contributed by atoms with Crippen LogP contribution in [0.15, 0.2) is 67.1 Å². The summed E-state index contributed by atoms with van der Waals surface area (Å²) in [6.45, 7) is 1.48. The van der Waals surface area contributed by atoms with Crippen molar-refractivity contribution in [1.29, 1.82) is 0 Å². The molecule has 0 saturated carbocycles. The summed E-state index contributed by atoms with van der Waals surface area (Å²) in [4.78, 5) is 57.8. The van der Waals surface area contributed by atoms with Gasteiger partial charge in [0.1, 0.15) is 23.9 Å². The van der Waals surface area contributed by atoms with Gasteiger partial charge in [-0.2, -0.15) is 0 Å². The van der Waals surface area contributed by atoms with Crippen LogP contribution in [0.5, 0.6) is 5.75 Å². The Bertz CT molecular complexity index is 1250. The van der Waals surface area contributed by atoms with Gasteiger partial charge in [-0.15, -0.1) is 0 Å². The Morgan fingerprint density at radius 3 is 1.92 bits per heavy atom. The topological polar surface area (TPSA) is 200 Å². The summed E-state index contributed by atoms with van der Waals surface area (Å²) < 4.78 is 0. The van der Waals surface area contributed by atoms with Crippen molar-refractivity contribution in [2.75, 3.05) is 0 Å². The molecule has 0 bridgehead atoms. The summed E-state index contributed by atoms with van der Waals surface area (Å²) in [6.07, 6.45) is 3.03. The number of phenolic OH excluding ortho intramolecular Hbond substituents is 1. The second-order valence-electron chi connectivity index (χ2n) is 9.15. The highest BCUT2D eigenvalue weighted by atomic mass is 16.4. The zero-order valence-corrected chi connectivity index (χ0v) is 21.3. The van der Waals surface area contributed by atoms with E-state index < -0.39 is 47.9 Å². The third-order valence-electron chi connectivity index (χ3n) is 5.93. The maximum Gasteiger partial charge on any atom is 0.326 e. The monoisotopic (exact) mass is 536 g/mol. The Hall–Kier alpha value is -4.71. The minimum atomic E-state index is -1.30. The van der Waals surface area contributed by atoms with Crippen LogP contribution < -0.4 is 21.7 Å². The molecule has 206 valence electrons. The summed E-state index contributed by atoms with van der Waals surface area (Å²) in [7, 11) is 0. The maximum atomic E-state index is 13.4. The first-order valence-corrected chi connectivity index (χ1v) is 12.3. The number of H-pyrrole nitrogens is 1. The summed E-state index contributed by atoms with van der Waals surface area (Å²) in [5.41, 5.74) is 7.56. The number of nitrogens with one attached hydrogen (secondary N) is 4. The van der Waals surface area contributed by atoms with Gasteiger partial charge in [-0.3, -0.25) is 14.4 Å². The number of benzene rings is 2. The molecule has 0 fully saturated rings. The SMILES string of the molecule is CC(N)C(=O)NC(Cc1cnc[nH]1)C(=O)NC(Cc1ccccc1)C(=O)NC(Cc1ccc(O)cc1)C(=O)O. The number of hydrogen-bond acceptors (Lipinski definition) is 7. The number of rotatable bonds is 13. The van der Waals surface area contributed by atoms with E-state index in [0.717, 1.165) is 5.56 Å². The Morgan fingerprint density at radius 1 is 0.821 bits per heavy atom. The van der Waals surface area contributed by atoms with Gasteiger partial charge in [0, 0.05) is 31.2 Å². The molecule has 1 heterocycles. The smallest absolute Gasteiger partial charge is 0.326 e. The maximum absolute atomic E-state index is 13.4. The van der Waals surface area contributed by atoms with Crippen LogP contribution in [0.25, 0.3) is 0 Å². The zero-order chi connectivity index (χ0) is 28.4. The van der Waals surface area contributed by atoms with E-state index in [9.17, 15) is 29.4 Å². The fourth-order valence-corrected chi connectivity index (χ4v) is 3.80. The highest BCUT2D eigenvalue weighted by molar-refractivity contribution is 5.94. The number of imidazole rings is 1. The molecular formula is C27H32N6O6. The van der Waals surface area contributed by atoms with Crippen LogP contribution in [-0.2, 0) is 38.4 Å². The zero-order valence-electron chi connectivity index (χ0n) is 21.3. The number of aromatic amines is 1. The minimum Gasteiger partial charge on any atom is -0.508 e. The first kappa shape index (κ1) is 28.9. The lowest BCUT2D eigenvalue weighted by atomic mass is 10.0. The van der Waals surface area contributed by atoms with Crippen LogP contribution in [0.4, 0.5) is 0 Å². The number of aromatic nitrogens is 2. The average molecular weight is 537 g/mol. The van der Waals surface area contributed by atoms with Crippen molar-refractivity contribution >= 4 is 23.7 Å². The van der Waals surface area contributed by atoms with Crippen LogP contribution >= 0.6 is 0 Å². The molecule has 4 unspecified atom stereocenters. The Morgan fingerprint density at radius 2 is 1.36 bits per heavy atom. The Balaban J connectivity index is 1.81. The second kappa shape index (κ2) is 13.7. The molecule has 0 aliphatic rings. The van der Waals surface area contributed by atoms with Gasteiger partial charge >= 0.3 is 5.97 Å². The van der Waals surface area contributed by atoms with Gasteiger partial charge in [0.2, 0.25) is 17.7 Å². The van der Waals surface area contributed by atoms with Gasteiger partial charge in [-0.25, -0.2) is 9.78 Å². The van der Waals surface area contributed by atoms with Crippen molar-refractivity contribution in [2.24, 2.45) is 5.73 Å². The molecule has 1 aromatic heterocycles. The summed E-state index contributed by atoms with van der Waals surface area (Å²) >= 11 is 0. The van der Waals surface area contributed by atoms with E-state index >= 15 is 0 Å². The van der Waals surface area contributed by atoms with E-state index in [1.807, 2.05) is 0 Å². The van der Waals surface area contributed by atoms with Crippen molar-refractivity contribution in [2.45, 2.75) is 50.4 Å². The molecule has 0 spiro atoms. The van der Waals surface area contributed by atoms with Crippen molar-refractivity contribution in [3.05, 3.63) is 83.9 Å². The van der Waals surface area contributed by atoms with Crippen LogP contribution in [0.3, 0.4) is 0 Å². The van der Waals surface area contributed by atoms with Crippen LogP contribution in [0, 0.1) is 0 Å². The number of aliphatic carboxylic acids is 1. The molecule has 39 heavy (non-hydrogen) atoms. The van der Waals surface area contributed by atoms with Gasteiger partial charge in [0.05, 0.1) is 12.4 Å². The summed E-state index contributed by atoms with van der Waals surface area (Å²) in [5.74, 6) is -3.15. The van der Waals surface area contributed by atoms with E-state index in [0.29, 0.717) is 11.3 Å². The average Bonchev–Trinajstić information content (AvgIpc) is 3.42. The molecule has 0 radical (unpaired) electrons. The number of carbonyl (C=O) groups excluding carboxylic acids is 3. The minimum absolute atomic E-state index is 0.0288. The molecule has 12 heteroatoms. The standard InChI is InChI=1S/C27H32N6O6/c1-16(28)24(35)31-22(13-19-14-29-15-30-19)26(37)32-21(11-17-5-3-2-4-6-17)25(36)33-23(27(38)39)12-18-7-9-20(34)10-8-18/h2-10,14-16,21-23,34H,11-13,28H2,1H3,(H,29,30)(H,31,35)(H,32,37)(H,33,36)(H,38,39). The van der Waals surface area contributed by atoms with Crippen LogP contribution in [0.2, 0.25) is 0 Å². The number of phenols is 1. The van der Waals surface area contributed by atoms with Gasteiger partial charge in [0.15, 0.2) is 0 Å². The molecule has 0 aliphatic heterocycles. The molecule has 2 aromatic carbocycles.